The molecule has 6 heteroatoms. The molecule has 24 heavy (non-hydrogen) atoms. The summed E-state index contributed by atoms with van der Waals surface area (Å²) in [4.78, 5) is 7.93. The number of nitrogens with one attached hydrogen (secondary N) is 2. The highest BCUT2D eigenvalue weighted by molar-refractivity contribution is 7.91. The molecule has 0 bridgehead atoms. The van der Waals surface area contributed by atoms with Gasteiger partial charge in [0.15, 0.2) is 0 Å². The van der Waals surface area contributed by atoms with E-state index in [4.69, 9.17) is 0 Å². The van der Waals surface area contributed by atoms with Crippen LogP contribution in [-0.2, 0) is 15.8 Å². The van der Waals surface area contributed by atoms with Crippen LogP contribution in [0.25, 0.3) is 11.0 Å². The van der Waals surface area contributed by atoms with Crippen LogP contribution in [0.5, 0.6) is 0 Å². The lowest BCUT2D eigenvalue weighted by Gasteiger charge is -2.22. The number of aromatic nitrogens is 2. The fraction of sp³-hybridized carbons (Fsp3) is 0.278. The van der Waals surface area contributed by atoms with E-state index in [0.717, 1.165) is 22.4 Å². The second-order valence-corrected chi connectivity index (χ2v) is 8.05. The molecule has 0 radical (unpaired) electrons. The number of fused-ring (bicyclic) bond motifs is 1. The van der Waals surface area contributed by atoms with Crippen LogP contribution in [0.2, 0.25) is 0 Å². The van der Waals surface area contributed by atoms with E-state index < -0.39 is 10.0 Å². The Morgan fingerprint density at radius 2 is 1.92 bits per heavy atom. The number of hydrogen-bond acceptors (Lipinski definition) is 3. The topological polar surface area (TPSA) is 74.8 Å². The highest BCUT2D eigenvalue weighted by Crippen LogP contribution is 2.35. The lowest BCUT2D eigenvalue weighted by Crippen LogP contribution is -2.14. The maximum Gasteiger partial charge on any atom is 0.236 e. The molecule has 0 amide bonds. The Bertz CT molecular complexity index is 960. The van der Waals surface area contributed by atoms with Gasteiger partial charge in [0, 0.05) is 5.92 Å². The number of anilines is 1. The maximum absolute atomic E-state index is 12.3. The number of sulfonamides is 1. The first kappa shape index (κ1) is 15.2. The van der Waals surface area contributed by atoms with Gasteiger partial charge in [0.25, 0.3) is 0 Å². The molecule has 5 nitrogen and oxygen atoms in total. The van der Waals surface area contributed by atoms with Crippen molar-refractivity contribution in [3.63, 3.8) is 0 Å². The van der Waals surface area contributed by atoms with Crippen molar-refractivity contribution >= 4 is 26.7 Å². The molecule has 4 rings (SSSR count). The van der Waals surface area contributed by atoms with Crippen molar-refractivity contribution in [1.82, 2.24) is 9.97 Å². The second kappa shape index (κ2) is 5.94. The summed E-state index contributed by atoms with van der Waals surface area (Å²) in [7, 11) is -3.44. The number of rotatable bonds is 5. The monoisotopic (exact) mass is 341 g/mol. The van der Waals surface area contributed by atoms with Crippen LogP contribution in [0.1, 0.15) is 36.6 Å². The predicted molar refractivity (Wildman–Crippen MR) is 95.4 cm³/mol. The third-order valence-corrected chi connectivity index (χ3v) is 5.73. The van der Waals surface area contributed by atoms with E-state index >= 15 is 0 Å². The van der Waals surface area contributed by atoms with Gasteiger partial charge in [-0.15, -0.1) is 0 Å². The number of benzene rings is 2. The highest BCUT2D eigenvalue weighted by atomic mass is 32.2. The van der Waals surface area contributed by atoms with Crippen LogP contribution in [-0.4, -0.2) is 18.4 Å². The van der Waals surface area contributed by atoms with E-state index in [2.05, 4.69) is 14.7 Å². The van der Waals surface area contributed by atoms with E-state index in [9.17, 15) is 8.42 Å². The molecule has 1 saturated carbocycles. The number of hydrogen-bond donors (Lipinski definition) is 2. The maximum atomic E-state index is 12.3. The molecule has 2 N–H and O–H groups in total. The van der Waals surface area contributed by atoms with Gasteiger partial charge < -0.3 is 4.98 Å². The SMILES string of the molecule is O=S(=O)(Cc1ccccc1)Nc1ccc2nc(C3CCC3)[nH]c2c1. The fourth-order valence-electron chi connectivity index (χ4n) is 2.98. The van der Waals surface area contributed by atoms with Crippen molar-refractivity contribution < 1.29 is 8.42 Å². The standard InChI is InChI=1S/C18H19N3O2S/c22-24(23,12-13-5-2-1-3-6-13)21-15-9-10-16-17(11-15)20-18(19-16)14-7-4-8-14/h1-3,5-6,9-11,14,21H,4,7-8,12H2,(H,19,20). The van der Waals surface area contributed by atoms with E-state index in [-0.39, 0.29) is 5.75 Å². The quantitative estimate of drug-likeness (QED) is 0.742. The van der Waals surface area contributed by atoms with E-state index in [1.165, 1.54) is 19.3 Å². The Balaban J connectivity index is 1.55. The first-order valence-corrected chi connectivity index (χ1v) is 9.78. The van der Waals surface area contributed by atoms with Gasteiger partial charge in [-0.25, -0.2) is 13.4 Å². The first-order chi connectivity index (χ1) is 11.6. The molecular formula is C18H19N3O2S. The third-order valence-electron chi connectivity index (χ3n) is 4.46. The van der Waals surface area contributed by atoms with Crippen LogP contribution < -0.4 is 4.72 Å². The fourth-order valence-corrected chi connectivity index (χ4v) is 4.17. The molecule has 2 aromatic carbocycles. The number of H-pyrrole nitrogens is 1. The van der Waals surface area contributed by atoms with Crippen molar-refractivity contribution in [3.05, 3.63) is 59.9 Å². The van der Waals surface area contributed by atoms with E-state index in [0.29, 0.717) is 11.6 Å². The zero-order valence-electron chi connectivity index (χ0n) is 13.2. The van der Waals surface area contributed by atoms with Gasteiger partial charge in [0.2, 0.25) is 10.0 Å². The van der Waals surface area contributed by atoms with E-state index in [1.54, 1.807) is 6.07 Å². The normalized spacial score (nSPS) is 15.3. The molecule has 0 aliphatic heterocycles. The summed E-state index contributed by atoms with van der Waals surface area (Å²) in [5, 5.41) is 0. The number of aromatic amines is 1. The largest absolute Gasteiger partial charge is 0.342 e. The lowest BCUT2D eigenvalue weighted by atomic mass is 9.85. The van der Waals surface area contributed by atoms with Crippen molar-refractivity contribution in [2.24, 2.45) is 0 Å². The Morgan fingerprint density at radius 1 is 1.12 bits per heavy atom. The van der Waals surface area contributed by atoms with E-state index in [1.807, 2.05) is 42.5 Å². The minimum atomic E-state index is -3.44. The second-order valence-electron chi connectivity index (χ2n) is 6.33. The molecule has 1 fully saturated rings. The molecule has 0 saturated heterocycles. The van der Waals surface area contributed by atoms with Gasteiger partial charge in [-0.3, -0.25) is 4.72 Å². The van der Waals surface area contributed by atoms with Crippen LogP contribution in [0.4, 0.5) is 5.69 Å². The van der Waals surface area contributed by atoms with Crippen molar-refractivity contribution in [2.75, 3.05) is 4.72 Å². The van der Waals surface area contributed by atoms with Gasteiger partial charge in [0.1, 0.15) is 5.82 Å². The predicted octanol–water partition coefficient (Wildman–Crippen LogP) is 3.77. The van der Waals surface area contributed by atoms with Crippen molar-refractivity contribution in [2.45, 2.75) is 30.9 Å². The Hall–Kier alpha value is -2.34. The number of imidazole rings is 1. The third kappa shape index (κ3) is 3.14. The zero-order chi connectivity index (χ0) is 16.6. The molecule has 1 aliphatic rings. The molecule has 3 aromatic rings. The van der Waals surface area contributed by atoms with Crippen LogP contribution in [0.3, 0.4) is 0 Å². The zero-order valence-corrected chi connectivity index (χ0v) is 14.0. The molecular weight excluding hydrogens is 322 g/mol. The van der Waals surface area contributed by atoms with Crippen LogP contribution in [0, 0.1) is 0 Å². The summed E-state index contributed by atoms with van der Waals surface area (Å²) in [6.07, 6.45) is 3.61. The van der Waals surface area contributed by atoms with Gasteiger partial charge in [-0.05, 0) is 36.6 Å². The Kier molecular flexibility index (Phi) is 3.76. The number of nitrogens with zero attached hydrogens (tertiary/aromatic N) is 1. The van der Waals surface area contributed by atoms with Gasteiger partial charge in [-0.2, -0.15) is 0 Å². The molecule has 124 valence electrons. The van der Waals surface area contributed by atoms with Gasteiger partial charge >= 0.3 is 0 Å². The Morgan fingerprint density at radius 3 is 2.62 bits per heavy atom. The minimum Gasteiger partial charge on any atom is -0.342 e. The summed E-state index contributed by atoms with van der Waals surface area (Å²) in [6.45, 7) is 0. The van der Waals surface area contributed by atoms with Gasteiger partial charge in [0.05, 0.1) is 22.5 Å². The average Bonchev–Trinajstić information content (AvgIpc) is 2.87. The molecule has 0 spiro atoms. The molecule has 1 heterocycles. The summed E-state index contributed by atoms with van der Waals surface area (Å²) < 4.78 is 27.3. The summed E-state index contributed by atoms with van der Waals surface area (Å²) in [6, 6.07) is 14.6. The van der Waals surface area contributed by atoms with Crippen molar-refractivity contribution in [1.29, 1.82) is 0 Å². The summed E-state index contributed by atoms with van der Waals surface area (Å²) in [5.41, 5.74) is 3.07. The van der Waals surface area contributed by atoms with Gasteiger partial charge in [-0.1, -0.05) is 36.8 Å². The Labute approximate surface area is 141 Å². The molecule has 0 atom stereocenters. The molecule has 1 aliphatic carbocycles. The first-order valence-electron chi connectivity index (χ1n) is 8.13. The average molecular weight is 341 g/mol. The van der Waals surface area contributed by atoms with Crippen LogP contribution >= 0.6 is 0 Å². The highest BCUT2D eigenvalue weighted by Gasteiger charge is 2.22. The van der Waals surface area contributed by atoms with Crippen molar-refractivity contribution in [3.8, 4) is 0 Å². The molecule has 0 unspecified atom stereocenters. The smallest absolute Gasteiger partial charge is 0.236 e. The summed E-state index contributed by atoms with van der Waals surface area (Å²) >= 11 is 0. The van der Waals surface area contributed by atoms with Crippen LogP contribution in [0.15, 0.2) is 48.5 Å². The molecule has 1 aromatic heterocycles. The summed E-state index contributed by atoms with van der Waals surface area (Å²) in [5.74, 6) is 1.50. The minimum absolute atomic E-state index is 0.0395. The lowest BCUT2D eigenvalue weighted by molar-refractivity contribution is 0.405.